The van der Waals surface area contributed by atoms with Crippen LogP contribution in [0.1, 0.15) is 43.7 Å². The summed E-state index contributed by atoms with van der Waals surface area (Å²) in [5, 5.41) is 0.514. The zero-order valence-corrected chi connectivity index (χ0v) is 16.2. The third-order valence-corrected chi connectivity index (χ3v) is 5.84. The Balaban J connectivity index is 1.58. The quantitative estimate of drug-likeness (QED) is 0.830. The average molecular weight is 368 g/mol. The number of fused-ring (bicyclic) bond motifs is 1. The minimum Gasteiger partial charge on any atom is -0.451 e. The van der Waals surface area contributed by atoms with Gasteiger partial charge in [-0.15, -0.1) is 0 Å². The minimum atomic E-state index is -0.170. The summed E-state index contributed by atoms with van der Waals surface area (Å²) >= 11 is 0. The second-order valence-corrected chi connectivity index (χ2v) is 8.33. The van der Waals surface area contributed by atoms with Gasteiger partial charge in [0.1, 0.15) is 5.58 Å². The number of hydrogen-bond donors (Lipinski definition) is 0. The zero-order valence-electron chi connectivity index (χ0n) is 16.2. The van der Waals surface area contributed by atoms with Crippen LogP contribution in [0.5, 0.6) is 0 Å². The molecule has 0 N–H and O–H groups in total. The van der Waals surface area contributed by atoms with Gasteiger partial charge in [0.15, 0.2) is 11.2 Å². The van der Waals surface area contributed by atoms with E-state index >= 15 is 0 Å². The Morgan fingerprint density at radius 2 is 2.00 bits per heavy atom. The Labute approximate surface area is 159 Å². The van der Waals surface area contributed by atoms with Crippen LogP contribution in [0.2, 0.25) is 0 Å². The van der Waals surface area contributed by atoms with E-state index in [-0.39, 0.29) is 17.1 Å². The summed E-state index contributed by atoms with van der Waals surface area (Å²) < 4.78 is 5.79. The first kappa shape index (κ1) is 18.2. The number of amides is 1. The predicted molar refractivity (Wildman–Crippen MR) is 106 cm³/mol. The molecule has 1 unspecified atom stereocenters. The smallest absolute Gasteiger partial charge is 0.289 e. The molecule has 4 rings (SSSR count). The van der Waals surface area contributed by atoms with E-state index in [0.717, 1.165) is 25.4 Å². The lowest BCUT2D eigenvalue weighted by molar-refractivity contribution is 0.0674. The molecule has 0 radical (unpaired) electrons. The highest BCUT2D eigenvalue weighted by molar-refractivity contribution is 5.93. The molecular formula is C22H28N2O3. The first-order valence-electron chi connectivity index (χ1n) is 10.1. The number of carbonyl (C=O) groups is 1. The van der Waals surface area contributed by atoms with Crippen molar-refractivity contribution in [2.75, 3.05) is 26.2 Å². The summed E-state index contributed by atoms with van der Waals surface area (Å²) in [5.41, 5.74) is 0.310. The van der Waals surface area contributed by atoms with Crippen LogP contribution in [-0.2, 0) is 0 Å². The van der Waals surface area contributed by atoms with E-state index in [1.807, 2.05) is 11.0 Å². The van der Waals surface area contributed by atoms with Crippen LogP contribution < -0.4 is 5.43 Å². The fraction of sp³-hybridized carbons (Fsp3) is 0.545. The predicted octanol–water partition coefficient (Wildman–Crippen LogP) is 3.38. The van der Waals surface area contributed by atoms with Gasteiger partial charge in [-0.2, -0.15) is 0 Å². The Morgan fingerprint density at radius 3 is 2.74 bits per heavy atom. The molecule has 1 aliphatic carbocycles. The largest absolute Gasteiger partial charge is 0.451 e. The van der Waals surface area contributed by atoms with E-state index in [2.05, 4.69) is 18.7 Å². The van der Waals surface area contributed by atoms with Crippen LogP contribution in [-0.4, -0.2) is 47.9 Å². The summed E-state index contributed by atoms with van der Waals surface area (Å²) in [6, 6.07) is 8.79. The van der Waals surface area contributed by atoms with E-state index in [4.69, 9.17) is 4.42 Å². The summed E-state index contributed by atoms with van der Waals surface area (Å²) in [6.07, 6.45) is 3.64. The average Bonchev–Trinajstić information content (AvgIpc) is 3.48. The lowest BCUT2D eigenvalue weighted by atomic mass is 10.0. The van der Waals surface area contributed by atoms with Crippen LogP contribution >= 0.6 is 0 Å². The molecule has 1 aromatic carbocycles. The lowest BCUT2D eigenvalue weighted by Crippen LogP contribution is -2.46. The summed E-state index contributed by atoms with van der Waals surface area (Å²) in [7, 11) is 0. The molecule has 2 aliphatic rings. The standard InChI is InChI=1S/C22H28N2O3/c1-15(2)18-14-24(11-5-10-23(18)13-16-8-9-16)22(26)21-12-19(25)17-6-3-4-7-20(17)27-21/h3-4,6-7,12,15-16,18H,5,8-11,13-14H2,1-2H3. The Kier molecular flexibility index (Phi) is 5.04. The molecule has 1 saturated heterocycles. The van der Waals surface area contributed by atoms with Gasteiger partial charge in [-0.3, -0.25) is 14.5 Å². The molecule has 2 heterocycles. The minimum absolute atomic E-state index is 0.150. The molecule has 5 nitrogen and oxygen atoms in total. The molecular weight excluding hydrogens is 340 g/mol. The van der Waals surface area contributed by atoms with Gasteiger partial charge in [0, 0.05) is 38.3 Å². The van der Waals surface area contributed by atoms with E-state index in [1.54, 1.807) is 18.2 Å². The number of para-hydroxylation sites is 1. The fourth-order valence-electron chi connectivity index (χ4n) is 4.10. The third-order valence-electron chi connectivity index (χ3n) is 5.84. The van der Waals surface area contributed by atoms with Crippen molar-refractivity contribution in [3.8, 4) is 0 Å². The molecule has 1 amide bonds. The molecule has 1 aliphatic heterocycles. The van der Waals surface area contributed by atoms with Crippen molar-refractivity contribution in [3.05, 3.63) is 46.3 Å². The number of rotatable bonds is 4. The van der Waals surface area contributed by atoms with Gasteiger partial charge in [0.05, 0.1) is 5.39 Å². The molecule has 1 saturated carbocycles. The van der Waals surface area contributed by atoms with Gasteiger partial charge in [-0.25, -0.2) is 0 Å². The van der Waals surface area contributed by atoms with Gasteiger partial charge in [-0.05, 0) is 43.2 Å². The van der Waals surface area contributed by atoms with E-state index in [1.165, 1.54) is 18.9 Å². The van der Waals surface area contributed by atoms with Gasteiger partial charge in [0.2, 0.25) is 0 Å². The molecule has 144 valence electrons. The van der Waals surface area contributed by atoms with Crippen molar-refractivity contribution >= 4 is 16.9 Å². The van der Waals surface area contributed by atoms with E-state index in [0.29, 0.717) is 36.0 Å². The summed E-state index contributed by atoms with van der Waals surface area (Å²) in [6.45, 7) is 8.05. The highest BCUT2D eigenvalue weighted by Gasteiger charge is 2.34. The van der Waals surface area contributed by atoms with Crippen LogP contribution in [0.15, 0.2) is 39.5 Å². The topological polar surface area (TPSA) is 53.8 Å². The Bertz CT molecular complexity index is 885. The molecule has 0 spiro atoms. The van der Waals surface area contributed by atoms with Crippen LogP contribution in [0, 0.1) is 11.8 Å². The van der Waals surface area contributed by atoms with Crippen molar-refractivity contribution in [1.82, 2.24) is 9.80 Å². The molecule has 2 aromatic rings. The number of carbonyl (C=O) groups excluding carboxylic acids is 1. The lowest BCUT2D eigenvalue weighted by Gasteiger charge is -2.34. The summed E-state index contributed by atoms with van der Waals surface area (Å²) in [5.74, 6) is 1.29. The van der Waals surface area contributed by atoms with Crippen molar-refractivity contribution in [3.63, 3.8) is 0 Å². The van der Waals surface area contributed by atoms with Crippen molar-refractivity contribution in [2.45, 2.75) is 39.2 Å². The molecule has 1 aromatic heterocycles. The molecule has 2 fully saturated rings. The van der Waals surface area contributed by atoms with E-state index in [9.17, 15) is 9.59 Å². The van der Waals surface area contributed by atoms with Crippen molar-refractivity contribution < 1.29 is 9.21 Å². The zero-order chi connectivity index (χ0) is 19.0. The first-order chi connectivity index (χ1) is 13.0. The number of nitrogens with zero attached hydrogens (tertiary/aromatic N) is 2. The maximum atomic E-state index is 13.1. The van der Waals surface area contributed by atoms with Crippen molar-refractivity contribution in [1.29, 1.82) is 0 Å². The maximum absolute atomic E-state index is 13.1. The number of benzene rings is 1. The van der Waals surface area contributed by atoms with Crippen LogP contribution in [0.3, 0.4) is 0 Å². The molecule has 0 bridgehead atoms. The van der Waals surface area contributed by atoms with Crippen molar-refractivity contribution in [2.24, 2.45) is 11.8 Å². The monoisotopic (exact) mass is 368 g/mol. The third kappa shape index (κ3) is 3.93. The molecule has 1 atom stereocenters. The van der Waals surface area contributed by atoms with Crippen LogP contribution in [0.25, 0.3) is 11.0 Å². The first-order valence-corrected chi connectivity index (χ1v) is 10.1. The van der Waals surface area contributed by atoms with E-state index < -0.39 is 0 Å². The van der Waals surface area contributed by atoms with Gasteiger partial charge < -0.3 is 9.32 Å². The molecule has 27 heavy (non-hydrogen) atoms. The van der Waals surface area contributed by atoms with Gasteiger partial charge >= 0.3 is 0 Å². The Hall–Kier alpha value is -2.14. The normalized spacial score (nSPS) is 21.6. The Morgan fingerprint density at radius 1 is 1.22 bits per heavy atom. The highest BCUT2D eigenvalue weighted by atomic mass is 16.3. The fourth-order valence-corrected chi connectivity index (χ4v) is 4.10. The van der Waals surface area contributed by atoms with Crippen LogP contribution in [0.4, 0.5) is 0 Å². The number of hydrogen-bond acceptors (Lipinski definition) is 4. The molecule has 5 heteroatoms. The SMILES string of the molecule is CC(C)C1CN(C(=O)c2cc(=O)c3ccccc3o2)CCCN1CC1CC1. The second kappa shape index (κ2) is 7.47. The second-order valence-electron chi connectivity index (χ2n) is 8.33. The highest BCUT2D eigenvalue weighted by Crippen LogP contribution is 2.32. The van der Waals surface area contributed by atoms with Gasteiger partial charge in [0.25, 0.3) is 5.91 Å². The summed E-state index contributed by atoms with van der Waals surface area (Å²) in [4.78, 5) is 30.0. The maximum Gasteiger partial charge on any atom is 0.289 e. The van der Waals surface area contributed by atoms with Gasteiger partial charge in [-0.1, -0.05) is 26.0 Å².